The van der Waals surface area contributed by atoms with Crippen LogP contribution in [-0.4, -0.2) is 21.0 Å². The van der Waals surface area contributed by atoms with E-state index in [0.717, 1.165) is 13.7 Å². The van der Waals surface area contributed by atoms with Gasteiger partial charge in [-0.1, -0.05) is 56.8 Å². The van der Waals surface area contributed by atoms with E-state index in [-0.39, 0.29) is 5.11 Å². The molecule has 0 aromatic heterocycles. The molecule has 10 heteroatoms. The van der Waals surface area contributed by atoms with Crippen LogP contribution in [-0.2, 0) is 0 Å². The Labute approximate surface area is 193 Å². The number of thiocarbonyl (C=S) groups is 1. The Bertz CT molecular complexity index is 802. The van der Waals surface area contributed by atoms with Gasteiger partial charge in [0.1, 0.15) is 6.17 Å². The molecule has 0 unspecified atom stereocenters. The average Bonchev–Trinajstić information content (AvgIpc) is 2.55. The summed E-state index contributed by atoms with van der Waals surface area (Å²) in [6.07, 6.45) is -1.04. The largest absolute Gasteiger partial charge is 0.339 e. The Kier molecular flexibility index (Phi) is 8.24. The van der Waals surface area contributed by atoms with Crippen LogP contribution in [0.15, 0.2) is 53.0 Å². The number of rotatable bonds is 4. The summed E-state index contributed by atoms with van der Waals surface area (Å²) in [6.45, 7) is 0. The topological polar surface area (TPSA) is 53.2 Å². The van der Waals surface area contributed by atoms with Crippen LogP contribution in [0.2, 0.25) is 0 Å². The second-order valence-electron chi connectivity index (χ2n) is 5.06. The fourth-order valence-electron chi connectivity index (χ4n) is 1.88. The van der Waals surface area contributed by atoms with Gasteiger partial charge in [-0.3, -0.25) is 4.79 Å². The molecule has 0 aliphatic rings. The van der Waals surface area contributed by atoms with Crippen LogP contribution in [0.3, 0.4) is 0 Å². The molecule has 0 aliphatic heterocycles. The van der Waals surface area contributed by atoms with Gasteiger partial charge in [0.2, 0.25) is 3.79 Å². The lowest BCUT2D eigenvalue weighted by atomic mass is 10.2. The van der Waals surface area contributed by atoms with Gasteiger partial charge in [0.25, 0.3) is 5.91 Å². The highest BCUT2D eigenvalue weighted by Crippen LogP contribution is 2.29. The first kappa shape index (κ1) is 22.0. The summed E-state index contributed by atoms with van der Waals surface area (Å²) < 4.78 is 0.0337. The predicted octanol–water partition coefficient (Wildman–Crippen LogP) is 5.47. The summed E-state index contributed by atoms with van der Waals surface area (Å²) in [5.74, 6) is -0.410. The molecule has 0 bridgehead atoms. The van der Waals surface area contributed by atoms with Crippen LogP contribution in [0.25, 0.3) is 0 Å². The summed E-state index contributed by atoms with van der Waals surface area (Å²) in [6, 6.07) is 14.4. The number of halogens is 5. The van der Waals surface area contributed by atoms with E-state index in [1.54, 1.807) is 18.2 Å². The van der Waals surface area contributed by atoms with Crippen molar-refractivity contribution in [2.75, 3.05) is 5.32 Å². The normalized spacial score (nSPS) is 12.2. The molecule has 0 aliphatic carbocycles. The first-order chi connectivity index (χ1) is 12.1. The molecule has 1 amide bonds. The third kappa shape index (κ3) is 7.01. The number of benzene rings is 2. The van der Waals surface area contributed by atoms with Crippen LogP contribution in [0, 0.1) is 3.57 Å². The van der Waals surface area contributed by atoms with Crippen LogP contribution in [0.1, 0.15) is 10.4 Å². The van der Waals surface area contributed by atoms with E-state index in [0.29, 0.717) is 5.56 Å². The molecule has 26 heavy (non-hydrogen) atoms. The molecule has 0 fully saturated rings. The van der Waals surface area contributed by atoms with Gasteiger partial charge in [-0.2, -0.15) is 0 Å². The van der Waals surface area contributed by atoms with Crippen LogP contribution in [0.5, 0.6) is 0 Å². The zero-order valence-electron chi connectivity index (χ0n) is 12.9. The SMILES string of the molecule is O=C(N[C@H](NC(=S)Nc1ccc(I)cc1)C(Cl)(Cl)Cl)c1cccc(Br)c1. The van der Waals surface area contributed by atoms with Crippen molar-refractivity contribution in [2.24, 2.45) is 0 Å². The molecule has 1 atom stereocenters. The fraction of sp³-hybridized carbons (Fsp3) is 0.125. The molecule has 3 N–H and O–H groups in total. The Morgan fingerprint density at radius 1 is 1.12 bits per heavy atom. The highest BCUT2D eigenvalue weighted by Gasteiger charge is 2.34. The highest BCUT2D eigenvalue weighted by atomic mass is 127. The summed E-state index contributed by atoms with van der Waals surface area (Å²) in [5.41, 5.74) is 1.18. The number of carbonyl (C=O) groups excluding carboxylic acids is 1. The van der Waals surface area contributed by atoms with Gasteiger partial charge in [-0.25, -0.2) is 0 Å². The van der Waals surface area contributed by atoms with Gasteiger partial charge < -0.3 is 16.0 Å². The minimum Gasteiger partial charge on any atom is -0.339 e. The Hall–Kier alpha value is -0.320. The number of hydrogen-bond acceptors (Lipinski definition) is 2. The second-order valence-corrected chi connectivity index (χ2v) is 10.0. The summed E-state index contributed by atoms with van der Waals surface area (Å²) in [4.78, 5) is 12.4. The van der Waals surface area contributed by atoms with Gasteiger partial charge in [-0.15, -0.1) is 0 Å². The molecule has 138 valence electrons. The predicted molar refractivity (Wildman–Crippen MR) is 124 cm³/mol. The smallest absolute Gasteiger partial charge is 0.253 e. The van der Waals surface area contributed by atoms with Crippen molar-refractivity contribution >= 4 is 102 Å². The fourth-order valence-corrected chi connectivity index (χ4v) is 3.20. The molecule has 0 radical (unpaired) electrons. The summed E-state index contributed by atoms with van der Waals surface area (Å²) in [7, 11) is 0. The molecular weight excluding hydrogens is 595 g/mol. The van der Waals surface area contributed by atoms with Gasteiger partial charge in [0, 0.05) is 19.3 Å². The van der Waals surface area contributed by atoms with Crippen molar-refractivity contribution in [1.29, 1.82) is 0 Å². The maximum absolute atomic E-state index is 12.4. The summed E-state index contributed by atoms with van der Waals surface area (Å²) in [5, 5.41) is 8.63. The molecule has 2 aromatic rings. The molecule has 2 rings (SSSR count). The van der Waals surface area contributed by atoms with E-state index in [1.807, 2.05) is 30.3 Å². The van der Waals surface area contributed by atoms with E-state index in [2.05, 4.69) is 54.5 Å². The zero-order valence-corrected chi connectivity index (χ0v) is 19.7. The maximum Gasteiger partial charge on any atom is 0.253 e. The Morgan fingerprint density at radius 2 is 1.77 bits per heavy atom. The molecular formula is C16H12BrCl3IN3OS. The molecule has 0 spiro atoms. The van der Waals surface area contributed by atoms with Gasteiger partial charge in [0.05, 0.1) is 0 Å². The first-order valence-electron chi connectivity index (χ1n) is 7.11. The van der Waals surface area contributed by atoms with Crippen molar-refractivity contribution < 1.29 is 4.79 Å². The van der Waals surface area contributed by atoms with Crippen molar-refractivity contribution in [3.8, 4) is 0 Å². The monoisotopic (exact) mass is 605 g/mol. The van der Waals surface area contributed by atoms with Gasteiger partial charge in [-0.05, 0) is 77.3 Å². The molecule has 0 saturated carbocycles. The quantitative estimate of drug-likeness (QED) is 0.187. The maximum atomic E-state index is 12.4. The average molecular weight is 608 g/mol. The first-order valence-corrected chi connectivity index (χ1v) is 10.5. The highest BCUT2D eigenvalue weighted by molar-refractivity contribution is 14.1. The van der Waals surface area contributed by atoms with E-state index in [9.17, 15) is 4.79 Å². The summed E-state index contributed by atoms with van der Waals surface area (Å²) >= 11 is 28.7. The standard InChI is InChI=1S/C16H12BrCl3IN3OS/c17-10-3-1-2-9(8-10)13(25)23-14(16(18,19)20)24-15(26)22-12-6-4-11(21)5-7-12/h1-8,14H,(H,23,25)(H2,22,24,26)/t14-/m1/s1. The number of anilines is 1. The Balaban J connectivity index is 2.06. The van der Waals surface area contributed by atoms with E-state index in [1.165, 1.54) is 0 Å². The van der Waals surface area contributed by atoms with Crippen molar-refractivity contribution in [3.05, 3.63) is 62.1 Å². The van der Waals surface area contributed by atoms with Crippen LogP contribution >= 0.6 is 85.5 Å². The molecule has 4 nitrogen and oxygen atoms in total. The number of hydrogen-bond donors (Lipinski definition) is 3. The van der Waals surface area contributed by atoms with Gasteiger partial charge in [0.15, 0.2) is 5.11 Å². The second kappa shape index (κ2) is 9.75. The number of carbonyl (C=O) groups is 1. The lowest BCUT2D eigenvalue weighted by molar-refractivity contribution is 0.0934. The third-order valence-corrected chi connectivity index (χ3v) is 5.15. The minimum absolute atomic E-state index is 0.206. The molecule has 0 heterocycles. The van der Waals surface area contributed by atoms with E-state index >= 15 is 0 Å². The molecule has 2 aromatic carbocycles. The zero-order chi connectivity index (χ0) is 19.3. The van der Waals surface area contributed by atoms with Crippen molar-refractivity contribution in [2.45, 2.75) is 9.96 Å². The minimum atomic E-state index is -1.82. The van der Waals surface area contributed by atoms with Crippen LogP contribution < -0.4 is 16.0 Å². The van der Waals surface area contributed by atoms with E-state index in [4.69, 9.17) is 47.0 Å². The lowest BCUT2D eigenvalue weighted by Crippen LogP contribution is -2.56. The van der Waals surface area contributed by atoms with Crippen molar-refractivity contribution in [3.63, 3.8) is 0 Å². The molecule has 0 saturated heterocycles. The number of alkyl halides is 3. The van der Waals surface area contributed by atoms with Crippen LogP contribution in [0.4, 0.5) is 5.69 Å². The van der Waals surface area contributed by atoms with E-state index < -0.39 is 15.9 Å². The third-order valence-electron chi connectivity index (χ3n) is 3.07. The van der Waals surface area contributed by atoms with Gasteiger partial charge >= 0.3 is 0 Å². The number of amides is 1. The lowest BCUT2D eigenvalue weighted by Gasteiger charge is -2.27. The number of nitrogens with one attached hydrogen (secondary N) is 3. The van der Waals surface area contributed by atoms with Crippen molar-refractivity contribution in [1.82, 2.24) is 10.6 Å². The Morgan fingerprint density at radius 3 is 2.35 bits per heavy atom.